The molecule has 0 aliphatic carbocycles. The van der Waals surface area contributed by atoms with E-state index >= 15 is 0 Å². The van der Waals surface area contributed by atoms with Gasteiger partial charge in [-0.25, -0.2) is 0 Å². The van der Waals surface area contributed by atoms with E-state index < -0.39 is 0 Å². The zero-order valence-electron chi connectivity index (χ0n) is 6.29. The Morgan fingerprint density at radius 2 is 2.40 bits per heavy atom. The number of aliphatic hydroxyl groups excluding tert-OH is 1. The number of epoxide rings is 1. The Morgan fingerprint density at radius 1 is 1.80 bits per heavy atom. The van der Waals surface area contributed by atoms with E-state index in [2.05, 4.69) is 6.58 Å². The largest absolute Gasteiger partial charge is 0.390 e. The summed E-state index contributed by atoms with van der Waals surface area (Å²) in [5, 5.41) is 9.32. The molecule has 0 radical (unpaired) electrons. The van der Waals surface area contributed by atoms with E-state index in [9.17, 15) is 5.11 Å². The van der Waals surface area contributed by atoms with Crippen LogP contribution in [0.4, 0.5) is 0 Å². The number of hydrogen-bond donors (Lipinski definition) is 1. The molecule has 1 heterocycles. The summed E-state index contributed by atoms with van der Waals surface area (Å²) >= 11 is 0. The second-order valence-corrected chi connectivity index (χ2v) is 2.74. The maximum absolute atomic E-state index is 9.32. The lowest BCUT2D eigenvalue weighted by Gasteiger charge is -2.03. The summed E-state index contributed by atoms with van der Waals surface area (Å²) in [4.78, 5) is 0. The molecule has 0 saturated carbocycles. The summed E-state index contributed by atoms with van der Waals surface area (Å²) in [5.41, 5.74) is 0. The Hall–Kier alpha value is -0.340. The minimum Gasteiger partial charge on any atom is -0.390 e. The molecule has 1 N–H and O–H groups in total. The molecule has 1 aliphatic heterocycles. The lowest BCUT2D eigenvalue weighted by Crippen LogP contribution is -2.15. The highest BCUT2D eigenvalue weighted by Gasteiger charge is 2.39. The predicted octanol–water partition coefficient (Wildman–Crippen LogP) is 1.10. The Morgan fingerprint density at radius 3 is 2.80 bits per heavy atom. The van der Waals surface area contributed by atoms with E-state index in [0.717, 1.165) is 12.8 Å². The van der Waals surface area contributed by atoms with Gasteiger partial charge >= 0.3 is 0 Å². The second kappa shape index (κ2) is 3.17. The summed E-state index contributed by atoms with van der Waals surface area (Å²) in [7, 11) is 0. The molecule has 1 aliphatic rings. The van der Waals surface area contributed by atoms with Crippen LogP contribution >= 0.6 is 0 Å². The molecular formula is C8H14O2. The first-order valence-electron chi connectivity index (χ1n) is 3.70. The van der Waals surface area contributed by atoms with Gasteiger partial charge in [0.2, 0.25) is 0 Å². The van der Waals surface area contributed by atoms with Crippen molar-refractivity contribution in [2.24, 2.45) is 0 Å². The third kappa shape index (κ3) is 1.82. The van der Waals surface area contributed by atoms with Crippen molar-refractivity contribution in [3.8, 4) is 0 Å². The molecule has 0 unspecified atom stereocenters. The van der Waals surface area contributed by atoms with Gasteiger partial charge < -0.3 is 9.84 Å². The molecular weight excluding hydrogens is 128 g/mol. The molecule has 0 aromatic carbocycles. The van der Waals surface area contributed by atoms with E-state index in [1.165, 1.54) is 0 Å². The van der Waals surface area contributed by atoms with Crippen LogP contribution in [0.2, 0.25) is 0 Å². The molecule has 1 rings (SSSR count). The van der Waals surface area contributed by atoms with E-state index in [1.807, 2.05) is 13.0 Å². The van der Waals surface area contributed by atoms with Crippen LogP contribution < -0.4 is 0 Å². The third-order valence-corrected chi connectivity index (χ3v) is 1.80. The highest BCUT2D eigenvalue weighted by Crippen LogP contribution is 2.26. The van der Waals surface area contributed by atoms with E-state index in [1.54, 1.807) is 0 Å². The molecule has 2 nitrogen and oxygen atoms in total. The normalized spacial score (nSPS) is 33.4. The number of rotatable bonds is 4. The Balaban J connectivity index is 2.10. The average molecular weight is 142 g/mol. The maximum Gasteiger partial charge on any atom is 0.110 e. The van der Waals surface area contributed by atoms with Gasteiger partial charge in [0.1, 0.15) is 6.10 Å². The van der Waals surface area contributed by atoms with Gasteiger partial charge in [-0.15, -0.1) is 6.58 Å². The summed E-state index contributed by atoms with van der Waals surface area (Å²) in [6.45, 7) is 5.55. The van der Waals surface area contributed by atoms with Crippen LogP contribution in [0.5, 0.6) is 0 Å². The van der Waals surface area contributed by atoms with Crippen molar-refractivity contribution in [3.05, 3.63) is 12.7 Å². The van der Waals surface area contributed by atoms with Crippen molar-refractivity contribution in [1.82, 2.24) is 0 Å². The van der Waals surface area contributed by atoms with Gasteiger partial charge in [-0.05, 0) is 19.8 Å². The number of ether oxygens (including phenoxy) is 1. The minimum atomic E-state index is -0.284. The van der Waals surface area contributed by atoms with E-state index in [-0.39, 0.29) is 18.3 Å². The van der Waals surface area contributed by atoms with Crippen LogP contribution in [0.25, 0.3) is 0 Å². The van der Waals surface area contributed by atoms with Crippen LogP contribution in [0, 0.1) is 0 Å². The van der Waals surface area contributed by atoms with Gasteiger partial charge in [0.15, 0.2) is 0 Å². The Kier molecular flexibility index (Phi) is 2.46. The summed E-state index contributed by atoms with van der Waals surface area (Å²) in [5.74, 6) is 0. The van der Waals surface area contributed by atoms with Crippen LogP contribution in [-0.4, -0.2) is 23.4 Å². The third-order valence-electron chi connectivity index (χ3n) is 1.80. The molecule has 2 heteroatoms. The smallest absolute Gasteiger partial charge is 0.110 e. The highest BCUT2D eigenvalue weighted by atomic mass is 16.6. The fourth-order valence-corrected chi connectivity index (χ4v) is 1.06. The van der Waals surface area contributed by atoms with Gasteiger partial charge in [0.25, 0.3) is 0 Å². The van der Waals surface area contributed by atoms with Gasteiger partial charge in [-0.3, -0.25) is 0 Å². The topological polar surface area (TPSA) is 32.8 Å². The summed E-state index contributed by atoms with van der Waals surface area (Å²) in [6.07, 6.45) is 3.54. The molecule has 0 bridgehead atoms. The second-order valence-electron chi connectivity index (χ2n) is 2.74. The number of hydrogen-bond acceptors (Lipinski definition) is 2. The molecule has 0 amide bonds. The predicted molar refractivity (Wildman–Crippen MR) is 39.8 cm³/mol. The molecule has 3 atom stereocenters. The quantitative estimate of drug-likeness (QED) is 0.471. The molecule has 58 valence electrons. The van der Waals surface area contributed by atoms with Crippen molar-refractivity contribution in [2.45, 2.75) is 38.1 Å². The van der Waals surface area contributed by atoms with E-state index in [4.69, 9.17) is 4.74 Å². The zero-order valence-corrected chi connectivity index (χ0v) is 6.29. The van der Waals surface area contributed by atoms with Crippen molar-refractivity contribution in [3.63, 3.8) is 0 Å². The minimum absolute atomic E-state index is 0.0972. The Bertz CT molecular complexity index is 122. The lowest BCUT2D eigenvalue weighted by molar-refractivity contribution is 0.127. The SMILES string of the molecule is C=CCC[C@H](O)[C@@H]1O[C@@H]1C. The monoisotopic (exact) mass is 142 g/mol. The molecule has 0 aromatic heterocycles. The standard InChI is InChI=1S/C8H14O2/c1-3-4-5-7(9)8-6(2)10-8/h3,6-9H,1,4-5H2,2H3/t6-,7+,8-/m1/s1. The summed E-state index contributed by atoms with van der Waals surface area (Å²) < 4.78 is 5.09. The first kappa shape index (κ1) is 7.76. The zero-order chi connectivity index (χ0) is 7.56. The molecule has 0 spiro atoms. The van der Waals surface area contributed by atoms with Gasteiger partial charge in [0.05, 0.1) is 12.2 Å². The van der Waals surface area contributed by atoms with Crippen molar-refractivity contribution >= 4 is 0 Å². The molecule has 1 fully saturated rings. The maximum atomic E-state index is 9.32. The fraction of sp³-hybridized carbons (Fsp3) is 0.750. The lowest BCUT2D eigenvalue weighted by atomic mass is 10.1. The first-order valence-corrected chi connectivity index (χ1v) is 3.70. The van der Waals surface area contributed by atoms with Crippen molar-refractivity contribution in [2.75, 3.05) is 0 Å². The number of aliphatic hydroxyl groups is 1. The van der Waals surface area contributed by atoms with Crippen molar-refractivity contribution < 1.29 is 9.84 Å². The van der Waals surface area contributed by atoms with Crippen LogP contribution in [0.15, 0.2) is 12.7 Å². The van der Waals surface area contributed by atoms with Crippen LogP contribution in [0.3, 0.4) is 0 Å². The average Bonchev–Trinajstić information content (AvgIpc) is 2.62. The first-order chi connectivity index (χ1) is 4.75. The van der Waals surface area contributed by atoms with Crippen LogP contribution in [-0.2, 0) is 4.74 Å². The molecule has 1 saturated heterocycles. The number of allylic oxidation sites excluding steroid dienone is 1. The van der Waals surface area contributed by atoms with Crippen LogP contribution in [0.1, 0.15) is 19.8 Å². The van der Waals surface area contributed by atoms with Gasteiger partial charge in [-0.2, -0.15) is 0 Å². The van der Waals surface area contributed by atoms with Gasteiger partial charge in [-0.1, -0.05) is 6.08 Å². The van der Waals surface area contributed by atoms with Crippen molar-refractivity contribution in [1.29, 1.82) is 0 Å². The van der Waals surface area contributed by atoms with E-state index in [0.29, 0.717) is 0 Å². The highest BCUT2D eigenvalue weighted by molar-refractivity contribution is 4.88. The Labute approximate surface area is 61.5 Å². The fourth-order valence-electron chi connectivity index (χ4n) is 1.06. The molecule has 0 aromatic rings. The molecule has 10 heavy (non-hydrogen) atoms. The summed E-state index contributed by atoms with van der Waals surface area (Å²) in [6, 6.07) is 0. The van der Waals surface area contributed by atoms with Gasteiger partial charge in [0, 0.05) is 0 Å².